The maximum atomic E-state index is 12.3. The lowest BCUT2D eigenvalue weighted by molar-refractivity contribution is -0.128. The molecule has 0 aromatic heterocycles. The summed E-state index contributed by atoms with van der Waals surface area (Å²) in [5, 5.41) is 7.52. The first-order chi connectivity index (χ1) is 12.5. The lowest BCUT2D eigenvalue weighted by Gasteiger charge is -2.35. The van der Waals surface area contributed by atoms with Crippen LogP contribution in [0.1, 0.15) is 13.3 Å². The normalized spacial score (nSPS) is 15.3. The van der Waals surface area contributed by atoms with Crippen molar-refractivity contribution in [3.05, 3.63) is 36.9 Å². The maximum absolute atomic E-state index is 12.3. The highest BCUT2D eigenvalue weighted by molar-refractivity contribution is 5.97. The molecular weight excluding hydrogens is 336 g/mol. The van der Waals surface area contributed by atoms with Crippen LogP contribution >= 0.6 is 0 Å². The molecular formula is C18H24N4O4. The van der Waals surface area contributed by atoms with Crippen molar-refractivity contribution in [2.75, 3.05) is 31.1 Å². The zero-order valence-corrected chi connectivity index (χ0v) is 14.8. The number of hydrogen-bond acceptors (Lipinski definition) is 5. The van der Waals surface area contributed by atoms with E-state index in [4.69, 9.17) is 4.74 Å². The van der Waals surface area contributed by atoms with Gasteiger partial charge in [-0.3, -0.25) is 14.9 Å². The number of hydrogen-bond donors (Lipinski definition) is 3. The number of rotatable bonds is 7. The summed E-state index contributed by atoms with van der Waals surface area (Å²) in [5.41, 5.74) is 0.702. The average Bonchev–Trinajstić information content (AvgIpc) is 2.64. The van der Waals surface area contributed by atoms with Crippen LogP contribution in [0.4, 0.5) is 10.5 Å². The molecule has 0 aliphatic carbocycles. The van der Waals surface area contributed by atoms with Gasteiger partial charge in [-0.05, 0) is 18.6 Å². The molecule has 0 saturated heterocycles. The van der Waals surface area contributed by atoms with Gasteiger partial charge in [-0.25, -0.2) is 4.79 Å². The van der Waals surface area contributed by atoms with Crippen molar-refractivity contribution in [2.24, 2.45) is 0 Å². The number of urea groups is 1. The van der Waals surface area contributed by atoms with Crippen molar-refractivity contribution in [1.29, 1.82) is 0 Å². The second kappa shape index (κ2) is 9.45. The van der Waals surface area contributed by atoms with E-state index in [2.05, 4.69) is 22.5 Å². The number of carbonyl (C=O) groups is 3. The van der Waals surface area contributed by atoms with Crippen molar-refractivity contribution in [2.45, 2.75) is 19.4 Å². The number of benzene rings is 1. The zero-order valence-electron chi connectivity index (χ0n) is 14.8. The molecule has 3 N–H and O–H groups in total. The Morgan fingerprint density at radius 3 is 2.81 bits per heavy atom. The molecule has 1 heterocycles. The number of anilines is 1. The third kappa shape index (κ3) is 5.23. The van der Waals surface area contributed by atoms with E-state index in [1.807, 2.05) is 13.0 Å². The molecule has 8 nitrogen and oxygen atoms in total. The van der Waals surface area contributed by atoms with E-state index in [1.54, 1.807) is 23.1 Å². The van der Waals surface area contributed by atoms with Crippen molar-refractivity contribution in [1.82, 2.24) is 16.0 Å². The van der Waals surface area contributed by atoms with E-state index in [0.29, 0.717) is 18.0 Å². The van der Waals surface area contributed by atoms with Gasteiger partial charge in [-0.1, -0.05) is 25.1 Å². The van der Waals surface area contributed by atoms with E-state index in [0.717, 1.165) is 6.42 Å². The van der Waals surface area contributed by atoms with E-state index in [-0.39, 0.29) is 25.5 Å². The minimum Gasteiger partial charge on any atom is -0.477 e. The Kier molecular flexibility index (Phi) is 7.02. The van der Waals surface area contributed by atoms with Gasteiger partial charge in [0.2, 0.25) is 5.91 Å². The Morgan fingerprint density at radius 1 is 1.31 bits per heavy atom. The molecule has 0 bridgehead atoms. The Labute approximate surface area is 152 Å². The molecule has 1 atom stereocenters. The Bertz CT molecular complexity index is 677. The molecule has 4 amide bonds. The fourth-order valence-electron chi connectivity index (χ4n) is 2.50. The Balaban J connectivity index is 2.05. The summed E-state index contributed by atoms with van der Waals surface area (Å²) in [6, 6.07) is 6.58. The van der Waals surface area contributed by atoms with E-state index in [9.17, 15) is 14.4 Å². The van der Waals surface area contributed by atoms with Crippen molar-refractivity contribution in [3.63, 3.8) is 0 Å². The van der Waals surface area contributed by atoms with E-state index < -0.39 is 18.0 Å². The van der Waals surface area contributed by atoms with Crippen LogP contribution in [0.25, 0.3) is 0 Å². The molecule has 0 unspecified atom stereocenters. The SMILES string of the molecule is C=CCNC(=O)NC(=O)CN1C[C@H](C(=O)NCCC)Oc2ccccc21. The van der Waals surface area contributed by atoms with Gasteiger partial charge in [0.25, 0.3) is 5.91 Å². The standard InChI is InChI=1S/C18H24N4O4/c1-3-9-19-17(24)15-11-22(13-7-5-6-8-14(13)26-15)12-16(23)21-18(25)20-10-4-2/h4-8,15H,2-3,9-12H2,1H3,(H,19,24)(H2,20,21,23,25)/t15-/m1/s1. The van der Waals surface area contributed by atoms with Crippen LogP contribution in [-0.4, -0.2) is 50.1 Å². The quantitative estimate of drug-likeness (QED) is 0.625. The summed E-state index contributed by atoms with van der Waals surface area (Å²) in [6.07, 6.45) is 1.61. The number of fused-ring (bicyclic) bond motifs is 1. The highest BCUT2D eigenvalue weighted by atomic mass is 16.5. The predicted molar refractivity (Wildman–Crippen MR) is 98.1 cm³/mol. The second-order valence-corrected chi connectivity index (χ2v) is 5.79. The number of nitrogens with zero attached hydrogens (tertiary/aromatic N) is 1. The second-order valence-electron chi connectivity index (χ2n) is 5.79. The van der Waals surface area contributed by atoms with Crippen LogP contribution in [0.15, 0.2) is 36.9 Å². The topological polar surface area (TPSA) is 99.8 Å². The predicted octanol–water partition coefficient (Wildman–Crippen LogP) is 0.792. The fourth-order valence-corrected chi connectivity index (χ4v) is 2.50. The van der Waals surface area contributed by atoms with Gasteiger partial charge >= 0.3 is 6.03 Å². The summed E-state index contributed by atoms with van der Waals surface area (Å²) < 4.78 is 5.76. The molecule has 0 fully saturated rings. The largest absolute Gasteiger partial charge is 0.477 e. The molecule has 1 aromatic rings. The molecule has 0 radical (unpaired) electrons. The van der Waals surface area contributed by atoms with Gasteiger partial charge in [0, 0.05) is 13.1 Å². The average molecular weight is 360 g/mol. The highest BCUT2D eigenvalue weighted by Crippen LogP contribution is 2.32. The number of imide groups is 1. The number of para-hydroxylation sites is 2. The zero-order chi connectivity index (χ0) is 18.9. The number of nitrogens with one attached hydrogen (secondary N) is 3. The summed E-state index contributed by atoms with van der Waals surface area (Å²) in [6.45, 7) is 6.42. The van der Waals surface area contributed by atoms with Crippen molar-refractivity contribution in [3.8, 4) is 5.75 Å². The Hall–Kier alpha value is -3.03. The molecule has 1 aliphatic heterocycles. The van der Waals surface area contributed by atoms with Crippen molar-refractivity contribution < 1.29 is 19.1 Å². The minimum atomic E-state index is -0.723. The van der Waals surface area contributed by atoms with Crippen LogP contribution in [-0.2, 0) is 9.59 Å². The summed E-state index contributed by atoms with van der Waals surface area (Å²) in [4.78, 5) is 37.7. The minimum absolute atomic E-state index is 0.0700. The van der Waals surface area contributed by atoms with Crippen LogP contribution < -0.4 is 25.6 Å². The van der Waals surface area contributed by atoms with Crippen LogP contribution in [0.5, 0.6) is 5.75 Å². The molecule has 140 valence electrons. The first kappa shape index (κ1) is 19.3. The maximum Gasteiger partial charge on any atom is 0.321 e. The highest BCUT2D eigenvalue weighted by Gasteiger charge is 2.31. The fraction of sp³-hybridized carbons (Fsp3) is 0.389. The molecule has 0 saturated carbocycles. The van der Waals surface area contributed by atoms with Crippen LogP contribution in [0, 0.1) is 0 Å². The summed E-state index contributed by atoms with van der Waals surface area (Å²) in [7, 11) is 0. The molecule has 2 rings (SSSR count). The van der Waals surface area contributed by atoms with Gasteiger partial charge in [-0.15, -0.1) is 6.58 Å². The van der Waals surface area contributed by atoms with Gasteiger partial charge in [-0.2, -0.15) is 0 Å². The summed E-state index contributed by atoms with van der Waals surface area (Å²) >= 11 is 0. The molecule has 26 heavy (non-hydrogen) atoms. The Morgan fingerprint density at radius 2 is 2.08 bits per heavy atom. The van der Waals surface area contributed by atoms with Crippen LogP contribution in [0.2, 0.25) is 0 Å². The first-order valence-corrected chi connectivity index (χ1v) is 8.52. The number of amides is 4. The van der Waals surface area contributed by atoms with E-state index in [1.165, 1.54) is 6.08 Å². The van der Waals surface area contributed by atoms with Crippen LogP contribution in [0.3, 0.4) is 0 Å². The van der Waals surface area contributed by atoms with Gasteiger partial charge in [0.05, 0.1) is 18.8 Å². The number of ether oxygens (including phenoxy) is 1. The van der Waals surface area contributed by atoms with E-state index >= 15 is 0 Å². The molecule has 0 spiro atoms. The third-order valence-electron chi connectivity index (χ3n) is 3.70. The number of carbonyl (C=O) groups excluding carboxylic acids is 3. The van der Waals surface area contributed by atoms with Crippen molar-refractivity contribution >= 4 is 23.5 Å². The lowest BCUT2D eigenvalue weighted by atomic mass is 10.1. The smallest absolute Gasteiger partial charge is 0.321 e. The van der Waals surface area contributed by atoms with Gasteiger partial charge in [0.15, 0.2) is 6.10 Å². The van der Waals surface area contributed by atoms with Gasteiger partial charge in [0.1, 0.15) is 5.75 Å². The molecule has 1 aliphatic rings. The lowest BCUT2D eigenvalue weighted by Crippen LogP contribution is -2.52. The third-order valence-corrected chi connectivity index (χ3v) is 3.70. The molecule has 1 aromatic carbocycles. The van der Waals surface area contributed by atoms with Gasteiger partial charge < -0.3 is 20.3 Å². The molecule has 8 heteroatoms. The summed E-state index contributed by atoms with van der Waals surface area (Å²) in [5.74, 6) is -0.175. The monoisotopic (exact) mass is 360 g/mol. The first-order valence-electron chi connectivity index (χ1n) is 8.52.